The molecule has 1 N–H and O–H groups in total. The van der Waals surface area contributed by atoms with E-state index in [1.165, 1.54) is 11.8 Å². The number of aromatic amines is 1. The maximum atomic E-state index is 12.9. The molecule has 0 spiro atoms. The third kappa shape index (κ3) is 4.19. The summed E-state index contributed by atoms with van der Waals surface area (Å²) in [6, 6.07) is 8.62. The van der Waals surface area contributed by atoms with Crippen molar-refractivity contribution in [3.63, 3.8) is 0 Å². The molecule has 3 aromatic rings. The van der Waals surface area contributed by atoms with Crippen LogP contribution in [0.5, 0.6) is 0 Å². The second-order valence-electron chi connectivity index (χ2n) is 6.02. The Balaban J connectivity index is 1.93. The summed E-state index contributed by atoms with van der Waals surface area (Å²) < 4.78 is 1.68. The molecule has 0 aliphatic rings. The van der Waals surface area contributed by atoms with Crippen LogP contribution >= 0.6 is 23.4 Å². The van der Waals surface area contributed by atoms with E-state index < -0.39 is 0 Å². The van der Waals surface area contributed by atoms with Gasteiger partial charge in [-0.3, -0.25) is 14.2 Å². The molecular formula is C19H20ClN3O2S. The number of unbranched alkanes of at least 4 members (excludes halogenated alkanes) is 2. The molecule has 0 atom stereocenters. The van der Waals surface area contributed by atoms with Gasteiger partial charge in [-0.05, 0) is 36.8 Å². The summed E-state index contributed by atoms with van der Waals surface area (Å²) in [4.78, 5) is 32.7. The van der Waals surface area contributed by atoms with Gasteiger partial charge < -0.3 is 4.98 Å². The highest BCUT2D eigenvalue weighted by Crippen LogP contribution is 2.21. The average Bonchev–Trinajstić information content (AvgIpc) is 3.16. The number of ketones is 1. The van der Waals surface area contributed by atoms with Crippen molar-refractivity contribution in [1.29, 1.82) is 0 Å². The van der Waals surface area contributed by atoms with Crippen LogP contribution in [0, 0.1) is 0 Å². The number of Topliss-reactive ketones (excluding diaryl/α,β-unsaturated/α-hetero) is 1. The first-order valence-corrected chi connectivity index (χ1v) is 9.96. The molecule has 2 aromatic heterocycles. The zero-order valence-corrected chi connectivity index (χ0v) is 16.1. The summed E-state index contributed by atoms with van der Waals surface area (Å²) in [6.45, 7) is 2.71. The number of hydrogen-bond donors (Lipinski definition) is 1. The molecule has 2 heterocycles. The zero-order chi connectivity index (χ0) is 18.5. The second kappa shape index (κ2) is 8.56. The van der Waals surface area contributed by atoms with E-state index in [4.69, 9.17) is 11.6 Å². The Hall–Kier alpha value is -2.05. The van der Waals surface area contributed by atoms with Crippen molar-refractivity contribution in [2.45, 2.75) is 37.9 Å². The molecule has 0 unspecified atom stereocenters. The molecule has 0 saturated heterocycles. The number of thioether (sulfide) groups is 1. The van der Waals surface area contributed by atoms with Gasteiger partial charge in [0, 0.05) is 17.8 Å². The number of H-pyrrole nitrogens is 1. The maximum Gasteiger partial charge on any atom is 0.262 e. The topological polar surface area (TPSA) is 67.8 Å². The summed E-state index contributed by atoms with van der Waals surface area (Å²) >= 11 is 7.33. The SMILES string of the molecule is CCCCCn1c(SCC(=O)c2ccc[nH]2)nc2cc(Cl)ccc2c1=O. The Morgan fingerprint density at radius 1 is 1.31 bits per heavy atom. The van der Waals surface area contributed by atoms with Crippen molar-refractivity contribution in [3.05, 3.63) is 57.6 Å². The van der Waals surface area contributed by atoms with E-state index in [-0.39, 0.29) is 17.1 Å². The summed E-state index contributed by atoms with van der Waals surface area (Å²) in [6.07, 6.45) is 4.72. The average molecular weight is 390 g/mol. The molecule has 0 aliphatic heterocycles. The van der Waals surface area contributed by atoms with Crippen LogP contribution in [-0.4, -0.2) is 26.1 Å². The van der Waals surface area contributed by atoms with Crippen LogP contribution in [0.15, 0.2) is 46.5 Å². The zero-order valence-electron chi connectivity index (χ0n) is 14.5. The first-order valence-electron chi connectivity index (χ1n) is 8.59. The van der Waals surface area contributed by atoms with Crippen molar-refractivity contribution in [3.8, 4) is 0 Å². The van der Waals surface area contributed by atoms with E-state index in [2.05, 4.69) is 16.9 Å². The molecule has 1 aromatic carbocycles. The van der Waals surface area contributed by atoms with Gasteiger partial charge >= 0.3 is 0 Å². The number of benzene rings is 1. The van der Waals surface area contributed by atoms with Crippen molar-refractivity contribution < 1.29 is 4.79 Å². The number of rotatable bonds is 8. The van der Waals surface area contributed by atoms with E-state index in [9.17, 15) is 9.59 Å². The van der Waals surface area contributed by atoms with Crippen LogP contribution < -0.4 is 5.56 Å². The van der Waals surface area contributed by atoms with E-state index in [0.717, 1.165) is 19.3 Å². The number of aromatic nitrogens is 3. The smallest absolute Gasteiger partial charge is 0.262 e. The lowest BCUT2D eigenvalue weighted by molar-refractivity contribution is 0.101. The number of nitrogens with zero attached hydrogens (tertiary/aromatic N) is 2. The largest absolute Gasteiger partial charge is 0.359 e. The Bertz CT molecular complexity index is 967. The Morgan fingerprint density at radius 3 is 2.88 bits per heavy atom. The second-order valence-corrected chi connectivity index (χ2v) is 7.39. The molecule has 5 nitrogen and oxygen atoms in total. The molecule has 0 saturated carbocycles. The minimum Gasteiger partial charge on any atom is -0.359 e. The van der Waals surface area contributed by atoms with Gasteiger partial charge in [-0.2, -0.15) is 0 Å². The Morgan fingerprint density at radius 2 is 2.15 bits per heavy atom. The Labute approximate surface area is 160 Å². The van der Waals surface area contributed by atoms with Crippen LogP contribution in [-0.2, 0) is 6.54 Å². The standard InChI is InChI=1S/C19H20ClN3O2S/c1-2-3-4-10-23-18(25)14-8-7-13(20)11-16(14)22-19(23)26-12-17(24)15-6-5-9-21-15/h5-9,11,21H,2-4,10,12H2,1H3. The first-order chi connectivity index (χ1) is 12.6. The quantitative estimate of drug-likeness (QED) is 0.266. The van der Waals surface area contributed by atoms with Crippen LogP contribution in [0.2, 0.25) is 5.02 Å². The third-order valence-corrected chi connectivity index (χ3v) is 5.31. The van der Waals surface area contributed by atoms with Gasteiger partial charge in [-0.15, -0.1) is 0 Å². The van der Waals surface area contributed by atoms with Crippen molar-refractivity contribution >= 4 is 40.0 Å². The van der Waals surface area contributed by atoms with Crippen molar-refractivity contribution in [1.82, 2.24) is 14.5 Å². The van der Waals surface area contributed by atoms with Crippen LogP contribution in [0.3, 0.4) is 0 Å². The van der Waals surface area contributed by atoms with Gasteiger partial charge in [-0.1, -0.05) is 43.1 Å². The van der Waals surface area contributed by atoms with Crippen LogP contribution in [0.4, 0.5) is 0 Å². The molecular weight excluding hydrogens is 370 g/mol. The molecule has 0 aliphatic carbocycles. The number of nitrogens with one attached hydrogen (secondary N) is 1. The third-order valence-electron chi connectivity index (χ3n) is 4.10. The van der Waals surface area contributed by atoms with Crippen LogP contribution in [0.25, 0.3) is 10.9 Å². The lowest BCUT2D eigenvalue weighted by Crippen LogP contribution is -2.24. The normalized spacial score (nSPS) is 11.2. The van der Waals surface area contributed by atoms with Crippen LogP contribution in [0.1, 0.15) is 36.7 Å². The van der Waals surface area contributed by atoms with Gasteiger partial charge in [0.2, 0.25) is 0 Å². The highest BCUT2D eigenvalue weighted by molar-refractivity contribution is 7.99. The summed E-state index contributed by atoms with van der Waals surface area (Å²) in [5.41, 5.74) is 1.03. The van der Waals surface area contributed by atoms with Crippen molar-refractivity contribution in [2.75, 3.05) is 5.75 Å². The van der Waals surface area contributed by atoms with Gasteiger partial charge in [-0.25, -0.2) is 4.98 Å². The molecule has 0 fully saturated rings. The number of hydrogen-bond acceptors (Lipinski definition) is 4. The summed E-state index contributed by atoms with van der Waals surface area (Å²) in [5.74, 6) is 0.188. The predicted molar refractivity (Wildman–Crippen MR) is 106 cm³/mol. The number of carbonyl (C=O) groups excluding carboxylic acids is 1. The lowest BCUT2D eigenvalue weighted by atomic mass is 10.2. The predicted octanol–water partition coefficient (Wildman–Crippen LogP) is 4.54. The molecule has 3 rings (SSSR count). The minimum absolute atomic E-state index is 0.0273. The maximum absolute atomic E-state index is 12.9. The minimum atomic E-state index is -0.0856. The molecule has 26 heavy (non-hydrogen) atoms. The summed E-state index contributed by atoms with van der Waals surface area (Å²) in [5, 5.41) is 1.64. The van der Waals surface area contributed by atoms with Gasteiger partial charge in [0.25, 0.3) is 5.56 Å². The molecule has 0 bridgehead atoms. The first kappa shape index (κ1) is 18.7. The lowest BCUT2D eigenvalue weighted by Gasteiger charge is -2.13. The van der Waals surface area contributed by atoms with E-state index in [1.807, 2.05) is 0 Å². The number of halogens is 1. The number of carbonyl (C=O) groups is 1. The Kier molecular flexibility index (Phi) is 6.16. The van der Waals surface area contributed by atoms with Crippen molar-refractivity contribution in [2.24, 2.45) is 0 Å². The fourth-order valence-electron chi connectivity index (χ4n) is 2.71. The van der Waals surface area contributed by atoms with Gasteiger partial charge in [0.1, 0.15) is 0 Å². The molecule has 0 amide bonds. The fourth-order valence-corrected chi connectivity index (χ4v) is 3.79. The van der Waals surface area contributed by atoms with Gasteiger partial charge in [0.15, 0.2) is 10.9 Å². The molecule has 0 radical (unpaired) electrons. The molecule has 136 valence electrons. The van der Waals surface area contributed by atoms with E-state index in [0.29, 0.717) is 33.3 Å². The van der Waals surface area contributed by atoms with E-state index in [1.54, 1.807) is 41.1 Å². The number of fused-ring (bicyclic) bond motifs is 1. The summed E-state index contributed by atoms with van der Waals surface area (Å²) in [7, 11) is 0. The highest BCUT2D eigenvalue weighted by Gasteiger charge is 2.14. The fraction of sp³-hybridized carbons (Fsp3) is 0.316. The van der Waals surface area contributed by atoms with E-state index >= 15 is 0 Å². The van der Waals surface area contributed by atoms with Gasteiger partial charge in [0.05, 0.1) is 22.3 Å². The monoisotopic (exact) mass is 389 g/mol. The highest BCUT2D eigenvalue weighted by atomic mass is 35.5. The molecule has 7 heteroatoms.